The number of fused-ring (bicyclic) bond motifs is 1. The van der Waals surface area contributed by atoms with Crippen molar-refractivity contribution in [2.75, 3.05) is 23.8 Å². The molecule has 0 atom stereocenters. The van der Waals surface area contributed by atoms with Crippen LogP contribution in [0.1, 0.15) is 32.1 Å². The Morgan fingerprint density at radius 2 is 1.93 bits per heavy atom. The fourth-order valence-corrected chi connectivity index (χ4v) is 4.21. The first-order valence-corrected chi connectivity index (χ1v) is 10.3. The third-order valence-electron chi connectivity index (χ3n) is 4.66. The van der Waals surface area contributed by atoms with Crippen molar-refractivity contribution in [3.8, 4) is 0 Å². The van der Waals surface area contributed by atoms with Gasteiger partial charge in [-0.25, -0.2) is 4.79 Å². The van der Waals surface area contributed by atoms with Gasteiger partial charge in [-0.05, 0) is 25.0 Å². The third-order valence-corrected chi connectivity index (χ3v) is 5.70. The molecule has 1 heterocycles. The average molecular weight is 405 g/mol. The molecule has 1 fully saturated rings. The van der Waals surface area contributed by atoms with Crippen molar-refractivity contribution in [2.45, 2.75) is 43.0 Å². The van der Waals surface area contributed by atoms with Crippen LogP contribution in [0.15, 0.2) is 29.2 Å². The van der Waals surface area contributed by atoms with Crippen LogP contribution in [0.4, 0.5) is 10.5 Å². The number of esters is 1. The van der Waals surface area contributed by atoms with Gasteiger partial charge in [0.2, 0.25) is 5.91 Å². The molecule has 0 unspecified atom stereocenters. The van der Waals surface area contributed by atoms with Gasteiger partial charge in [0.25, 0.3) is 5.91 Å². The number of benzene rings is 1. The molecule has 0 radical (unpaired) electrons. The molecule has 2 aliphatic rings. The van der Waals surface area contributed by atoms with E-state index in [1.165, 1.54) is 11.8 Å². The molecule has 2 N–H and O–H groups in total. The highest BCUT2D eigenvalue weighted by Crippen LogP contribution is 2.34. The van der Waals surface area contributed by atoms with Gasteiger partial charge in [0.05, 0.1) is 17.9 Å². The van der Waals surface area contributed by atoms with Crippen LogP contribution in [0.25, 0.3) is 0 Å². The normalized spacial score (nSPS) is 16.4. The van der Waals surface area contributed by atoms with Gasteiger partial charge in [-0.15, -0.1) is 11.8 Å². The van der Waals surface area contributed by atoms with E-state index in [1.807, 2.05) is 24.3 Å². The standard InChI is InChI=1S/C19H23N3O5S/c23-16(21-19(26)20-13-5-1-2-6-13)11-27-18(25)9-10-22-14-7-3-4-8-15(14)28-12-17(22)24/h3-4,7-8,13H,1-2,5-6,9-12H2,(H2,20,21,23,26). The molecule has 28 heavy (non-hydrogen) atoms. The van der Waals surface area contributed by atoms with Crippen LogP contribution in [-0.4, -0.2) is 48.8 Å². The molecule has 1 saturated carbocycles. The Kier molecular flexibility index (Phi) is 6.91. The lowest BCUT2D eigenvalue weighted by molar-refractivity contribution is -0.148. The van der Waals surface area contributed by atoms with Gasteiger partial charge in [0.1, 0.15) is 0 Å². The quantitative estimate of drug-likeness (QED) is 0.700. The van der Waals surface area contributed by atoms with E-state index >= 15 is 0 Å². The summed E-state index contributed by atoms with van der Waals surface area (Å²) in [5.74, 6) is -1.03. The summed E-state index contributed by atoms with van der Waals surface area (Å²) in [6, 6.07) is 7.03. The zero-order chi connectivity index (χ0) is 19.9. The number of nitrogens with zero attached hydrogens (tertiary/aromatic N) is 1. The molecule has 0 spiro atoms. The molecule has 0 saturated heterocycles. The van der Waals surface area contributed by atoms with E-state index in [2.05, 4.69) is 10.6 Å². The minimum absolute atomic E-state index is 0.0354. The summed E-state index contributed by atoms with van der Waals surface area (Å²) in [6.45, 7) is -0.351. The number of amides is 4. The van der Waals surface area contributed by atoms with Crippen molar-refractivity contribution in [1.29, 1.82) is 0 Å². The van der Waals surface area contributed by atoms with Gasteiger partial charge < -0.3 is 15.0 Å². The fraction of sp³-hybridized carbons (Fsp3) is 0.474. The Balaban J connectivity index is 1.39. The molecule has 0 bridgehead atoms. The predicted molar refractivity (Wildman–Crippen MR) is 104 cm³/mol. The van der Waals surface area contributed by atoms with Gasteiger partial charge in [0.15, 0.2) is 6.61 Å². The van der Waals surface area contributed by atoms with Crippen LogP contribution in [0.3, 0.4) is 0 Å². The molecule has 1 aliphatic carbocycles. The van der Waals surface area contributed by atoms with Crippen molar-refractivity contribution in [3.05, 3.63) is 24.3 Å². The van der Waals surface area contributed by atoms with Gasteiger partial charge in [0, 0.05) is 17.5 Å². The van der Waals surface area contributed by atoms with E-state index in [4.69, 9.17) is 4.74 Å². The number of rotatable bonds is 6. The summed E-state index contributed by atoms with van der Waals surface area (Å²) < 4.78 is 4.91. The summed E-state index contributed by atoms with van der Waals surface area (Å²) in [6.07, 6.45) is 3.92. The van der Waals surface area contributed by atoms with Crippen molar-refractivity contribution < 1.29 is 23.9 Å². The van der Waals surface area contributed by atoms with Crippen molar-refractivity contribution in [1.82, 2.24) is 10.6 Å². The zero-order valence-corrected chi connectivity index (χ0v) is 16.3. The van der Waals surface area contributed by atoms with Crippen LogP contribution in [0, 0.1) is 0 Å². The number of para-hydroxylation sites is 1. The predicted octanol–water partition coefficient (Wildman–Crippen LogP) is 1.83. The van der Waals surface area contributed by atoms with Crippen LogP contribution in [0.2, 0.25) is 0 Å². The first-order valence-electron chi connectivity index (χ1n) is 9.31. The molecule has 1 aromatic rings. The number of hydrogen-bond donors (Lipinski definition) is 2. The Labute approximate surface area is 167 Å². The van der Waals surface area contributed by atoms with Gasteiger partial charge in [-0.3, -0.25) is 19.7 Å². The summed E-state index contributed by atoms with van der Waals surface area (Å²) >= 11 is 1.47. The number of ether oxygens (including phenoxy) is 1. The van der Waals surface area contributed by atoms with Crippen LogP contribution in [-0.2, 0) is 19.1 Å². The second-order valence-electron chi connectivity index (χ2n) is 6.72. The highest BCUT2D eigenvalue weighted by Gasteiger charge is 2.25. The van der Waals surface area contributed by atoms with Gasteiger partial charge in [-0.1, -0.05) is 25.0 Å². The molecule has 3 rings (SSSR count). The molecule has 150 valence electrons. The number of anilines is 1. The largest absolute Gasteiger partial charge is 0.456 e. The van der Waals surface area contributed by atoms with Crippen molar-refractivity contribution >= 4 is 41.3 Å². The third kappa shape index (κ3) is 5.48. The topological polar surface area (TPSA) is 105 Å². The number of carbonyl (C=O) groups is 4. The SMILES string of the molecule is O=C(COC(=O)CCN1C(=O)CSc2ccccc21)NC(=O)NC1CCCC1. The second-order valence-corrected chi connectivity index (χ2v) is 7.73. The number of carbonyl (C=O) groups excluding carboxylic acids is 4. The van der Waals surface area contributed by atoms with Crippen LogP contribution >= 0.6 is 11.8 Å². The monoisotopic (exact) mass is 405 g/mol. The minimum atomic E-state index is -0.681. The lowest BCUT2D eigenvalue weighted by Gasteiger charge is -2.28. The van der Waals surface area contributed by atoms with Crippen molar-refractivity contribution in [3.63, 3.8) is 0 Å². The van der Waals surface area contributed by atoms with E-state index in [9.17, 15) is 19.2 Å². The van der Waals surface area contributed by atoms with Gasteiger partial charge >= 0.3 is 12.0 Å². The van der Waals surface area contributed by atoms with E-state index in [1.54, 1.807) is 4.90 Å². The van der Waals surface area contributed by atoms with Crippen molar-refractivity contribution in [2.24, 2.45) is 0 Å². The number of thioether (sulfide) groups is 1. The molecule has 0 aromatic heterocycles. The average Bonchev–Trinajstić information content (AvgIpc) is 3.18. The lowest BCUT2D eigenvalue weighted by Crippen LogP contribution is -2.45. The van der Waals surface area contributed by atoms with Crippen LogP contribution in [0.5, 0.6) is 0 Å². The maximum absolute atomic E-state index is 12.1. The number of urea groups is 1. The number of imide groups is 1. The highest BCUT2D eigenvalue weighted by atomic mass is 32.2. The number of hydrogen-bond acceptors (Lipinski definition) is 6. The summed E-state index contributed by atoms with van der Waals surface area (Å²) in [5, 5.41) is 4.88. The summed E-state index contributed by atoms with van der Waals surface area (Å²) in [4.78, 5) is 50.1. The lowest BCUT2D eigenvalue weighted by atomic mass is 10.2. The Hall–Kier alpha value is -2.55. The molecular formula is C19H23N3O5S. The van der Waals surface area contributed by atoms with E-state index in [0.717, 1.165) is 36.3 Å². The summed E-state index contributed by atoms with van der Waals surface area (Å²) in [7, 11) is 0. The second kappa shape index (κ2) is 9.59. The maximum atomic E-state index is 12.1. The maximum Gasteiger partial charge on any atom is 0.321 e. The van der Waals surface area contributed by atoms with E-state index < -0.39 is 24.5 Å². The molecule has 8 nitrogen and oxygen atoms in total. The fourth-order valence-electron chi connectivity index (χ4n) is 3.27. The van der Waals surface area contributed by atoms with E-state index in [0.29, 0.717) is 5.75 Å². The number of nitrogens with one attached hydrogen (secondary N) is 2. The summed E-state index contributed by atoms with van der Waals surface area (Å²) in [5.41, 5.74) is 0.776. The van der Waals surface area contributed by atoms with Crippen LogP contribution < -0.4 is 15.5 Å². The first kappa shape index (κ1) is 20.2. The molecular weight excluding hydrogens is 382 g/mol. The molecule has 1 aliphatic heterocycles. The van der Waals surface area contributed by atoms with Gasteiger partial charge in [-0.2, -0.15) is 0 Å². The molecule has 4 amide bonds. The molecule has 9 heteroatoms. The smallest absolute Gasteiger partial charge is 0.321 e. The Morgan fingerprint density at radius 3 is 2.71 bits per heavy atom. The highest BCUT2D eigenvalue weighted by molar-refractivity contribution is 8.00. The molecule has 1 aromatic carbocycles. The Morgan fingerprint density at radius 1 is 1.18 bits per heavy atom. The van der Waals surface area contributed by atoms with E-state index in [-0.39, 0.29) is 24.9 Å². The zero-order valence-electron chi connectivity index (χ0n) is 15.4. The first-order chi connectivity index (χ1) is 13.5. The Bertz CT molecular complexity index is 764. The minimum Gasteiger partial charge on any atom is -0.456 e.